The van der Waals surface area contributed by atoms with E-state index in [9.17, 15) is 0 Å². The first-order valence-electron chi connectivity index (χ1n) is 6.01. The minimum atomic E-state index is 0.619. The van der Waals surface area contributed by atoms with Crippen molar-refractivity contribution in [2.75, 3.05) is 19.8 Å². The molecule has 0 radical (unpaired) electrons. The summed E-state index contributed by atoms with van der Waals surface area (Å²) in [5, 5.41) is 3.55. The monoisotopic (exact) mass is 197 g/mol. The molecule has 0 bridgehead atoms. The average Bonchev–Trinajstić information content (AvgIpc) is 2.13. The van der Waals surface area contributed by atoms with Crippen LogP contribution in [0.3, 0.4) is 0 Å². The van der Waals surface area contributed by atoms with Crippen molar-refractivity contribution in [2.24, 2.45) is 11.3 Å². The lowest BCUT2D eigenvalue weighted by Crippen LogP contribution is -2.46. The Bertz CT molecular complexity index is 177. The van der Waals surface area contributed by atoms with Gasteiger partial charge in [0.2, 0.25) is 0 Å². The summed E-state index contributed by atoms with van der Waals surface area (Å²) in [6.45, 7) is 7.75. The summed E-state index contributed by atoms with van der Waals surface area (Å²) >= 11 is 0. The van der Waals surface area contributed by atoms with Crippen molar-refractivity contribution in [1.82, 2.24) is 5.32 Å². The fraction of sp³-hybridized carbons (Fsp3) is 1.00. The SMILES string of the molecule is CC(C)NCC1CCC2(CC1)COC2. The van der Waals surface area contributed by atoms with Crippen molar-refractivity contribution >= 4 is 0 Å². The fourth-order valence-corrected chi connectivity index (χ4v) is 2.58. The normalized spacial score (nSPS) is 26.8. The van der Waals surface area contributed by atoms with Crippen LogP contribution in [-0.2, 0) is 4.74 Å². The largest absolute Gasteiger partial charge is 0.380 e. The molecule has 2 rings (SSSR count). The second kappa shape index (κ2) is 4.19. The molecule has 0 aromatic rings. The van der Waals surface area contributed by atoms with E-state index in [-0.39, 0.29) is 0 Å². The van der Waals surface area contributed by atoms with Crippen LogP contribution >= 0.6 is 0 Å². The second-order valence-electron chi connectivity index (χ2n) is 5.50. The Balaban J connectivity index is 1.68. The van der Waals surface area contributed by atoms with E-state index in [0.717, 1.165) is 19.1 Å². The summed E-state index contributed by atoms with van der Waals surface area (Å²) < 4.78 is 5.33. The van der Waals surface area contributed by atoms with Crippen LogP contribution in [0.5, 0.6) is 0 Å². The molecule has 1 N–H and O–H groups in total. The van der Waals surface area contributed by atoms with E-state index in [1.54, 1.807) is 0 Å². The van der Waals surface area contributed by atoms with Crippen LogP contribution in [-0.4, -0.2) is 25.8 Å². The van der Waals surface area contributed by atoms with Crippen molar-refractivity contribution in [2.45, 2.75) is 45.6 Å². The molecule has 0 unspecified atom stereocenters. The summed E-state index contributed by atoms with van der Waals surface area (Å²) in [4.78, 5) is 0. The minimum Gasteiger partial charge on any atom is -0.380 e. The first-order chi connectivity index (χ1) is 6.70. The van der Waals surface area contributed by atoms with E-state index in [2.05, 4.69) is 19.2 Å². The molecule has 0 amide bonds. The van der Waals surface area contributed by atoms with Gasteiger partial charge >= 0.3 is 0 Å². The van der Waals surface area contributed by atoms with Gasteiger partial charge < -0.3 is 10.1 Å². The quantitative estimate of drug-likeness (QED) is 0.749. The topological polar surface area (TPSA) is 21.3 Å². The zero-order chi connectivity index (χ0) is 10.0. The van der Waals surface area contributed by atoms with Crippen LogP contribution in [0.2, 0.25) is 0 Å². The van der Waals surface area contributed by atoms with E-state index < -0.39 is 0 Å². The smallest absolute Gasteiger partial charge is 0.0544 e. The third kappa shape index (κ3) is 2.29. The highest BCUT2D eigenvalue weighted by molar-refractivity contribution is 4.90. The number of hydrogen-bond donors (Lipinski definition) is 1. The highest BCUT2D eigenvalue weighted by Gasteiger charge is 2.41. The summed E-state index contributed by atoms with van der Waals surface area (Å²) in [5.74, 6) is 0.920. The molecule has 1 spiro atoms. The van der Waals surface area contributed by atoms with Crippen LogP contribution in [0, 0.1) is 11.3 Å². The van der Waals surface area contributed by atoms with E-state index in [0.29, 0.717) is 11.5 Å². The summed E-state index contributed by atoms with van der Waals surface area (Å²) in [6, 6.07) is 0.637. The van der Waals surface area contributed by atoms with E-state index in [1.165, 1.54) is 32.2 Å². The molecule has 0 atom stereocenters. The van der Waals surface area contributed by atoms with Gasteiger partial charge in [0.15, 0.2) is 0 Å². The molecule has 82 valence electrons. The van der Waals surface area contributed by atoms with E-state index in [4.69, 9.17) is 4.74 Å². The summed E-state index contributed by atoms with van der Waals surface area (Å²) in [7, 11) is 0. The van der Waals surface area contributed by atoms with Crippen LogP contribution in [0.1, 0.15) is 39.5 Å². The van der Waals surface area contributed by atoms with Gasteiger partial charge in [0.1, 0.15) is 0 Å². The molecule has 1 saturated carbocycles. The molecular formula is C12H23NO. The highest BCUT2D eigenvalue weighted by Crippen LogP contribution is 2.43. The molecule has 1 heterocycles. The van der Waals surface area contributed by atoms with Crippen molar-refractivity contribution in [3.8, 4) is 0 Å². The Morgan fingerprint density at radius 1 is 1.29 bits per heavy atom. The molecule has 2 nitrogen and oxygen atoms in total. The second-order valence-corrected chi connectivity index (χ2v) is 5.50. The van der Waals surface area contributed by atoms with Gasteiger partial charge in [0.25, 0.3) is 0 Å². The molecule has 1 aliphatic carbocycles. The van der Waals surface area contributed by atoms with Crippen LogP contribution in [0.25, 0.3) is 0 Å². The van der Waals surface area contributed by atoms with Crippen molar-refractivity contribution in [3.05, 3.63) is 0 Å². The van der Waals surface area contributed by atoms with E-state index in [1.807, 2.05) is 0 Å². The van der Waals surface area contributed by atoms with Gasteiger partial charge in [-0.15, -0.1) is 0 Å². The molecule has 0 aromatic heterocycles. The molecule has 1 saturated heterocycles. The van der Waals surface area contributed by atoms with Gasteiger partial charge in [-0.25, -0.2) is 0 Å². The molecule has 2 heteroatoms. The standard InChI is InChI=1S/C12H23NO/c1-10(2)13-7-11-3-5-12(6-4-11)8-14-9-12/h10-11,13H,3-9H2,1-2H3. The molecule has 2 fully saturated rings. The lowest BCUT2D eigenvalue weighted by atomic mass is 9.69. The Kier molecular flexibility index (Phi) is 3.13. The Morgan fingerprint density at radius 3 is 2.36 bits per heavy atom. The maximum atomic E-state index is 5.33. The summed E-state index contributed by atoms with van der Waals surface area (Å²) in [5.41, 5.74) is 0.619. The molecule has 14 heavy (non-hydrogen) atoms. The zero-order valence-corrected chi connectivity index (χ0v) is 9.51. The Hall–Kier alpha value is -0.0800. The van der Waals surface area contributed by atoms with Gasteiger partial charge in [-0.3, -0.25) is 0 Å². The number of ether oxygens (including phenoxy) is 1. The lowest BCUT2D eigenvalue weighted by molar-refractivity contribution is -0.136. The predicted octanol–water partition coefficient (Wildman–Crippen LogP) is 2.19. The predicted molar refractivity (Wildman–Crippen MR) is 58.3 cm³/mol. The molecule has 0 aromatic carbocycles. The zero-order valence-electron chi connectivity index (χ0n) is 9.51. The van der Waals surface area contributed by atoms with Gasteiger partial charge in [0, 0.05) is 11.5 Å². The molecule has 1 aliphatic heterocycles. The van der Waals surface area contributed by atoms with Gasteiger partial charge in [-0.2, -0.15) is 0 Å². The first kappa shape index (κ1) is 10.4. The lowest BCUT2D eigenvalue weighted by Gasteiger charge is -2.46. The minimum absolute atomic E-state index is 0.619. The molecular weight excluding hydrogens is 174 g/mol. The average molecular weight is 197 g/mol. The van der Waals surface area contributed by atoms with E-state index >= 15 is 0 Å². The maximum Gasteiger partial charge on any atom is 0.0544 e. The number of hydrogen-bond acceptors (Lipinski definition) is 2. The Labute approximate surface area is 87.4 Å². The van der Waals surface area contributed by atoms with Crippen LogP contribution in [0.4, 0.5) is 0 Å². The van der Waals surface area contributed by atoms with Gasteiger partial charge in [-0.1, -0.05) is 13.8 Å². The number of nitrogens with one attached hydrogen (secondary N) is 1. The van der Waals surface area contributed by atoms with Gasteiger partial charge in [-0.05, 0) is 38.1 Å². The van der Waals surface area contributed by atoms with Gasteiger partial charge in [0.05, 0.1) is 13.2 Å². The Morgan fingerprint density at radius 2 is 1.93 bits per heavy atom. The molecule has 2 aliphatic rings. The summed E-state index contributed by atoms with van der Waals surface area (Å²) in [6.07, 6.45) is 5.61. The van der Waals surface area contributed by atoms with Crippen LogP contribution in [0.15, 0.2) is 0 Å². The third-order valence-corrected chi connectivity index (χ3v) is 3.80. The highest BCUT2D eigenvalue weighted by atomic mass is 16.5. The number of rotatable bonds is 3. The first-order valence-corrected chi connectivity index (χ1v) is 6.01. The fourth-order valence-electron chi connectivity index (χ4n) is 2.58. The maximum absolute atomic E-state index is 5.33. The third-order valence-electron chi connectivity index (χ3n) is 3.80. The van der Waals surface area contributed by atoms with Crippen LogP contribution < -0.4 is 5.32 Å². The van der Waals surface area contributed by atoms with Crippen molar-refractivity contribution < 1.29 is 4.74 Å². The van der Waals surface area contributed by atoms with Crippen molar-refractivity contribution in [1.29, 1.82) is 0 Å². The van der Waals surface area contributed by atoms with Crippen molar-refractivity contribution in [3.63, 3.8) is 0 Å².